The Hall–Kier alpha value is -0.890. The van der Waals surface area contributed by atoms with E-state index >= 15 is 0 Å². The molecule has 0 aliphatic carbocycles. The fraction of sp³-hybridized carbons (Fsp3) is 0.962. The van der Waals surface area contributed by atoms with Crippen LogP contribution < -0.4 is 0 Å². The maximum atomic E-state index is 12.3. The second kappa shape index (κ2) is 25.6. The van der Waals surface area contributed by atoms with Gasteiger partial charge >= 0.3 is 0 Å². The largest absolute Gasteiger partial charge is 0.394 e. The zero-order chi connectivity index (χ0) is 30.9. The molecule has 5 unspecified atom stereocenters. The Morgan fingerprint density at radius 2 is 1.12 bits per heavy atom. The van der Waals surface area contributed by atoms with E-state index in [1.165, 1.54) is 0 Å². The van der Waals surface area contributed by atoms with Crippen molar-refractivity contribution in [2.24, 2.45) is 5.41 Å². The quantitative estimate of drug-likeness (QED) is 0.0487. The van der Waals surface area contributed by atoms with E-state index in [2.05, 4.69) is 0 Å². The third kappa shape index (κ3) is 20.6. The Balaban J connectivity index is 4.74. The summed E-state index contributed by atoms with van der Waals surface area (Å²) in [6.45, 7) is 0.490. The van der Waals surface area contributed by atoms with E-state index in [1.807, 2.05) is 6.92 Å². The summed E-state index contributed by atoms with van der Waals surface area (Å²) in [7, 11) is 3.18. The molecule has 0 radical (unpaired) electrons. The van der Waals surface area contributed by atoms with Crippen LogP contribution in [0, 0.1) is 5.41 Å². The molecule has 0 aromatic rings. The third-order valence-electron chi connectivity index (χ3n) is 5.79. The summed E-state index contributed by atoms with van der Waals surface area (Å²) in [6.07, 6.45) is -3.94. The number of carbonyl (C=O) groups is 1. The number of carbonyl (C=O) groups excluding carboxylic acids is 1. The van der Waals surface area contributed by atoms with Crippen LogP contribution in [0.5, 0.6) is 0 Å². The number of Topliss-reactive ketones (excluding diaryl/α,β-unsaturated/α-hetero) is 1. The first-order valence-corrected chi connectivity index (χ1v) is 13.6. The van der Waals surface area contributed by atoms with Crippen molar-refractivity contribution < 1.29 is 73.3 Å². The minimum Gasteiger partial charge on any atom is -0.394 e. The summed E-state index contributed by atoms with van der Waals surface area (Å²) in [5.74, 6) is -0.295. The van der Waals surface area contributed by atoms with Gasteiger partial charge in [0.2, 0.25) is 0 Å². The van der Waals surface area contributed by atoms with E-state index in [4.69, 9.17) is 48.1 Å². The van der Waals surface area contributed by atoms with Crippen molar-refractivity contribution in [2.45, 2.75) is 43.9 Å². The molecule has 15 nitrogen and oxygen atoms in total. The molecule has 0 amide bonds. The van der Waals surface area contributed by atoms with Crippen LogP contribution in [-0.2, 0) is 42.7 Å². The fourth-order valence-electron chi connectivity index (χ4n) is 3.39. The van der Waals surface area contributed by atoms with Gasteiger partial charge in [0.05, 0.1) is 85.9 Å². The Morgan fingerprint density at radius 1 is 0.610 bits per heavy atom. The maximum Gasteiger partial charge on any atom is 0.183 e. The number of ether oxygens (including phenoxy) is 8. The molecule has 0 fully saturated rings. The normalized spacial score (nSPS) is 15.9. The molecule has 246 valence electrons. The van der Waals surface area contributed by atoms with Gasteiger partial charge in [-0.25, -0.2) is 0 Å². The first kappa shape index (κ1) is 40.1. The molecule has 0 aliphatic rings. The van der Waals surface area contributed by atoms with Gasteiger partial charge < -0.3 is 68.5 Å². The molecule has 0 aromatic carbocycles. The van der Waals surface area contributed by atoms with E-state index in [1.54, 1.807) is 14.2 Å². The lowest BCUT2D eigenvalue weighted by Gasteiger charge is -2.30. The second-order valence-corrected chi connectivity index (χ2v) is 9.76. The van der Waals surface area contributed by atoms with Gasteiger partial charge in [-0.15, -0.1) is 0 Å². The predicted octanol–water partition coefficient (Wildman–Crippen LogP) is -2.86. The zero-order valence-electron chi connectivity index (χ0n) is 24.6. The van der Waals surface area contributed by atoms with E-state index in [9.17, 15) is 25.2 Å². The van der Waals surface area contributed by atoms with Gasteiger partial charge in [-0.1, -0.05) is 6.92 Å². The number of rotatable bonds is 30. The van der Waals surface area contributed by atoms with Gasteiger partial charge in [0.15, 0.2) is 5.78 Å². The molecule has 5 atom stereocenters. The smallest absolute Gasteiger partial charge is 0.183 e. The number of methoxy groups -OCH3 is 2. The number of aliphatic hydroxyl groups excluding tert-OH is 6. The summed E-state index contributed by atoms with van der Waals surface area (Å²) in [5, 5.41) is 55.9. The zero-order valence-corrected chi connectivity index (χ0v) is 24.6. The Morgan fingerprint density at radius 3 is 1.68 bits per heavy atom. The van der Waals surface area contributed by atoms with Gasteiger partial charge in [-0.3, -0.25) is 4.79 Å². The van der Waals surface area contributed by atoms with Crippen LogP contribution >= 0.6 is 0 Å². The van der Waals surface area contributed by atoms with Crippen LogP contribution in [0.2, 0.25) is 0 Å². The molecule has 0 rings (SSSR count). The van der Waals surface area contributed by atoms with Gasteiger partial charge in [-0.05, 0) is 6.42 Å². The third-order valence-corrected chi connectivity index (χ3v) is 5.79. The molecule has 6 N–H and O–H groups in total. The number of aliphatic hydroxyl groups is 6. The lowest BCUT2D eigenvalue weighted by atomic mass is 9.88. The van der Waals surface area contributed by atoms with Crippen LogP contribution in [-0.4, -0.2) is 180 Å². The molecule has 0 saturated heterocycles. The van der Waals surface area contributed by atoms with Crippen molar-refractivity contribution in [3.63, 3.8) is 0 Å². The van der Waals surface area contributed by atoms with E-state index in [0.717, 1.165) is 6.42 Å². The second-order valence-electron chi connectivity index (χ2n) is 9.76. The molecule has 0 saturated carbocycles. The summed E-state index contributed by atoms with van der Waals surface area (Å²) in [5.41, 5.74) is -0.367. The molecule has 0 spiro atoms. The highest BCUT2D eigenvalue weighted by atomic mass is 16.6. The van der Waals surface area contributed by atoms with Gasteiger partial charge in [0, 0.05) is 19.6 Å². The molecule has 0 aliphatic heterocycles. The lowest BCUT2D eigenvalue weighted by Crippen LogP contribution is -2.37. The highest BCUT2D eigenvalue weighted by molar-refractivity contribution is 5.80. The Labute approximate surface area is 242 Å². The molecule has 41 heavy (non-hydrogen) atoms. The highest BCUT2D eigenvalue weighted by Crippen LogP contribution is 2.23. The minimum atomic E-state index is -1.10. The molecular weight excluding hydrogens is 552 g/mol. The SMILES string of the molecule is CCC(COC)(COC)COCC(=O)COCC(COCC(O)COCC(O)CO)OCC(CO)OCC(O)CO. The summed E-state index contributed by atoms with van der Waals surface area (Å²) < 4.78 is 43.3. The molecule has 15 heteroatoms. The molecule has 0 heterocycles. The van der Waals surface area contributed by atoms with Crippen LogP contribution in [0.25, 0.3) is 0 Å². The molecular formula is C26H52O15. The number of hydrogen-bond donors (Lipinski definition) is 6. The first-order valence-electron chi connectivity index (χ1n) is 13.6. The Bertz CT molecular complexity index is 605. The first-order chi connectivity index (χ1) is 19.7. The van der Waals surface area contributed by atoms with E-state index in [-0.39, 0.29) is 77.3 Å². The Kier molecular flexibility index (Phi) is 25.0. The van der Waals surface area contributed by atoms with Crippen LogP contribution in [0.1, 0.15) is 13.3 Å². The van der Waals surface area contributed by atoms with Crippen LogP contribution in [0.4, 0.5) is 0 Å². The van der Waals surface area contributed by atoms with Gasteiger partial charge in [-0.2, -0.15) is 0 Å². The monoisotopic (exact) mass is 604 g/mol. The van der Waals surface area contributed by atoms with Crippen molar-refractivity contribution in [3.8, 4) is 0 Å². The lowest BCUT2D eigenvalue weighted by molar-refractivity contribution is -0.137. The van der Waals surface area contributed by atoms with Crippen LogP contribution in [0.3, 0.4) is 0 Å². The van der Waals surface area contributed by atoms with Crippen molar-refractivity contribution in [1.82, 2.24) is 0 Å². The summed E-state index contributed by atoms with van der Waals surface area (Å²) in [6, 6.07) is 0. The van der Waals surface area contributed by atoms with Crippen molar-refractivity contribution in [2.75, 3.05) is 113 Å². The highest BCUT2D eigenvalue weighted by Gasteiger charge is 2.29. The number of ketones is 1. The summed E-state index contributed by atoms with van der Waals surface area (Å²) in [4.78, 5) is 12.3. The maximum absolute atomic E-state index is 12.3. The average molecular weight is 605 g/mol. The fourth-order valence-corrected chi connectivity index (χ4v) is 3.39. The van der Waals surface area contributed by atoms with Crippen molar-refractivity contribution in [3.05, 3.63) is 0 Å². The number of hydrogen-bond acceptors (Lipinski definition) is 15. The van der Waals surface area contributed by atoms with E-state index < -0.39 is 50.3 Å². The van der Waals surface area contributed by atoms with Crippen LogP contribution in [0.15, 0.2) is 0 Å². The predicted molar refractivity (Wildman–Crippen MR) is 144 cm³/mol. The summed E-state index contributed by atoms with van der Waals surface area (Å²) >= 11 is 0. The standard InChI is InChI=1S/C26H52O15/c1-4-26(17-34-2,18-35-3)19-39-12-23(33)11-38-15-25(41-16-24(7-29)40-13-21(31)6-28)14-37-10-22(32)9-36-8-20(30)5-27/h20-22,24-25,27-32H,4-19H2,1-3H3. The van der Waals surface area contributed by atoms with Crippen molar-refractivity contribution >= 4 is 5.78 Å². The topological polar surface area (TPSA) is 212 Å². The molecule has 0 aromatic heterocycles. The molecule has 0 bridgehead atoms. The van der Waals surface area contributed by atoms with Crippen molar-refractivity contribution in [1.29, 1.82) is 0 Å². The average Bonchev–Trinajstić information content (AvgIpc) is 2.96. The minimum absolute atomic E-state index is 0.0501. The van der Waals surface area contributed by atoms with E-state index in [0.29, 0.717) is 13.2 Å². The van der Waals surface area contributed by atoms with Gasteiger partial charge in [0.25, 0.3) is 0 Å². The van der Waals surface area contributed by atoms with Gasteiger partial charge in [0.1, 0.15) is 43.7 Å².